The summed E-state index contributed by atoms with van der Waals surface area (Å²) in [4.78, 5) is 11.4. The molecular formula is C17H15F4N5O. The molecule has 1 aliphatic rings. The van der Waals surface area contributed by atoms with Crippen LogP contribution in [0, 0.1) is 5.82 Å². The molecule has 0 radical (unpaired) electrons. The summed E-state index contributed by atoms with van der Waals surface area (Å²) in [5.41, 5.74) is 0.144. The van der Waals surface area contributed by atoms with Gasteiger partial charge >= 0.3 is 6.18 Å². The molecule has 2 aromatic heterocycles. The summed E-state index contributed by atoms with van der Waals surface area (Å²) in [7, 11) is 0. The lowest BCUT2D eigenvalue weighted by Gasteiger charge is -2.34. The van der Waals surface area contributed by atoms with Gasteiger partial charge in [-0.3, -0.25) is 4.90 Å². The quantitative estimate of drug-likeness (QED) is 0.650. The molecule has 1 fully saturated rings. The summed E-state index contributed by atoms with van der Waals surface area (Å²) < 4.78 is 56.8. The van der Waals surface area contributed by atoms with Gasteiger partial charge in [-0.05, 0) is 18.2 Å². The first kappa shape index (κ1) is 17.7. The van der Waals surface area contributed by atoms with Gasteiger partial charge in [-0.15, -0.1) is 0 Å². The number of nitrogens with zero attached hydrogens (tertiary/aromatic N) is 5. The maximum atomic E-state index is 13.2. The van der Waals surface area contributed by atoms with E-state index in [1.54, 1.807) is 11.0 Å². The number of piperazine rings is 1. The van der Waals surface area contributed by atoms with Crippen molar-refractivity contribution in [3.63, 3.8) is 0 Å². The molecule has 0 spiro atoms. The molecule has 4 rings (SSSR count). The zero-order valence-corrected chi connectivity index (χ0v) is 14.1. The Morgan fingerprint density at radius 2 is 1.85 bits per heavy atom. The molecule has 27 heavy (non-hydrogen) atoms. The Hall–Kier alpha value is -2.75. The fraction of sp³-hybridized carbons (Fsp3) is 0.353. The van der Waals surface area contributed by atoms with Crippen LogP contribution in [0.15, 0.2) is 35.0 Å². The van der Waals surface area contributed by atoms with Gasteiger partial charge in [0.15, 0.2) is 5.58 Å². The van der Waals surface area contributed by atoms with E-state index in [4.69, 9.17) is 4.52 Å². The number of aromatic nitrogens is 3. The van der Waals surface area contributed by atoms with Gasteiger partial charge in [-0.2, -0.15) is 13.2 Å². The van der Waals surface area contributed by atoms with Gasteiger partial charge in [-0.1, -0.05) is 5.16 Å². The van der Waals surface area contributed by atoms with E-state index < -0.39 is 11.9 Å². The van der Waals surface area contributed by atoms with Crippen molar-refractivity contribution in [1.29, 1.82) is 0 Å². The molecule has 0 saturated carbocycles. The molecular weight excluding hydrogens is 366 g/mol. The molecule has 0 atom stereocenters. The first-order valence-corrected chi connectivity index (χ1v) is 8.31. The van der Waals surface area contributed by atoms with Crippen LogP contribution in [0.3, 0.4) is 0 Å². The Balaban J connectivity index is 1.42. The molecule has 142 valence electrons. The van der Waals surface area contributed by atoms with Crippen LogP contribution in [-0.4, -0.2) is 46.2 Å². The van der Waals surface area contributed by atoms with Crippen LogP contribution >= 0.6 is 0 Å². The Morgan fingerprint density at radius 1 is 1.07 bits per heavy atom. The predicted octanol–water partition coefficient (Wildman–Crippen LogP) is 3.10. The van der Waals surface area contributed by atoms with Crippen molar-refractivity contribution in [3.05, 3.63) is 47.7 Å². The van der Waals surface area contributed by atoms with Crippen LogP contribution in [-0.2, 0) is 12.7 Å². The van der Waals surface area contributed by atoms with E-state index in [-0.39, 0.29) is 11.8 Å². The minimum Gasteiger partial charge on any atom is -0.356 e. The first-order chi connectivity index (χ1) is 12.9. The molecule has 0 bridgehead atoms. The maximum absolute atomic E-state index is 13.2. The summed E-state index contributed by atoms with van der Waals surface area (Å²) >= 11 is 0. The number of anilines is 1. The van der Waals surface area contributed by atoms with E-state index in [0.717, 1.165) is 17.6 Å². The van der Waals surface area contributed by atoms with Crippen LogP contribution in [0.5, 0.6) is 0 Å². The van der Waals surface area contributed by atoms with Crippen molar-refractivity contribution in [2.24, 2.45) is 0 Å². The molecule has 0 N–H and O–H groups in total. The van der Waals surface area contributed by atoms with E-state index in [1.165, 1.54) is 12.1 Å². The van der Waals surface area contributed by atoms with Crippen molar-refractivity contribution in [1.82, 2.24) is 20.0 Å². The van der Waals surface area contributed by atoms with Gasteiger partial charge in [0.05, 0.1) is 0 Å². The van der Waals surface area contributed by atoms with Crippen LogP contribution in [0.2, 0.25) is 0 Å². The summed E-state index contributed by atoms with van der Waals surface area (Å²) in [6, 6.07) is 5.13. The average Bonchev–Trinajstić information content (AvgIpc) is 3.03. The number of benzene rings is 1. The van der Waals surface area contributed by atoms with Gasteiger partial charge in [0.25, 0.3) is 0 Å². The summed E-state index contributed by atoms with van der Waals surface area (Å²) in [6.07, 6.45) is -3.37. The minimum atomic E-state index is -4.49. The SMILES string of the molecule is Fc1ccc2c(CN3CCN(c4nccc(C(F)(F)F)n4)CC3)noc2c1. The highest BCUT2D eigenvalue weighted by Gasteiger charge is 2.33. The van der Waals surface area contributed by atoms with Gasteiger partial charge in [-0.25, -0.2) is 14.4 Å². The lowest BCUT2D eigenvalue weighted by Crippen LogP contribution is -2.46. The largest absolute Gasteiger partial charge is 0.433 e. The second kappa shape index (κ2) is 6.76. The van der Waals surface area contributed by atoms with Gasteiger partial charge in [0, 0.05) is 50.4 Å². The second-order valence-electron chi connectivity index (χ2n) is 6.27. The molecule has 1 saturated heterocycles. The third-order valence-electron chi connectivity index (χ3n) is 4.47. The van der Waals surface area contributed by atoms with Crippen LogP contribution < -0.4 is 4.90 Å². The minimum absolute atomic E-state index is 0.0758. The normalized spacial score (nSPS) is 16.2. The zero-order valence-electron chi connectivity index (χ0n) is 14.1. The Labute approximate surface area is 151 Å². The third kappa shape index (κ3) is 3.70. The fourth-order valence-electron chi connectivity index (χ4n) is 3.05. The topological polar surface area (TPSA) is 58.3 Å². The average molecular weight is 381 g/mol. The van der Waals surface area contributed by atoms with Crippen molar-refractivity contribution in [2.75, 3.05) is 31.1 Å². The predicted molar refractivity (Wildman–Crippen MR) is 88.5 cm³/mol. The monoisotopic (exact) mass is 381 g/mol. The number of rotatable bonds is 3. The Morgan fingerprint density at radius 3 is 2.59 bits per heavy atom. The lowest BCUT2D eigenvalue weighted by molar-refractivity contribution is -0.141. The summed E-state index contributed by atoms with van der Waals surface area (Å²) in [6.45, 7) is 2.71. The van der Waals surface area contributed by atoms with Crippen LogP contribution in [0.1, 0.15) is 11.4 Å². The van der Waals surface area contributed by atoms with E-state index >= 15 is 0 Å². The summed E-state index contributed by atoms with van der Waals surface area (Å²) in [5.74, 6) is -0.313. The number of fused-ring (bicyclic) bond motifs is 1. The van der Waals surface area contributed by atoms with E-state index in [2.05, 4.69) is 20.0 Å². The standard InChI is InChI=1S/C17H15F4N5O/c18-11-1-2-12-13(24-27-14(12)9-11)10-25-5-7-26(8-6-25)16-22-4-3-15(23-16)17(19,20)21/h1-4,9H,5-8,10H2. The van der Waals surface area contributed by atoms with Crippen molar-refractivity contribution < 1.29 is 22.1 Å². The fourth-order valence-corrected chi connectivity index (χ4v) is 3.05. The van der Waals surface area contributed by atoms with Crippen molar-refractivity contribution in [3.8, 4) is 0 Å². The lowest BCUT2D eigenvalue weighted by atomic mass is 10.2. The molecule has 0 unspecified atom stereocenters. The number of alkyl halides is 3. The smallest absolute Gasteiger partial charge is 0.356 e. The number of halogens is 4. The molecule has 1 aliphatic heterocycles. The van der Waals surface area contributed by atoms with Crippen molar-refractivity contribution in [2.45, 2.75) is 12.7 Å². The van der Waals surface area contributed by atoms with Gasteiger partial charge in [0.2, 0.25) is 5.95 Å². The van der Waals surface area contributed by atoms with Crippen LogP contribution in [0.4, 0.5) is 23.5 Å². The second-order valence-corrected chi connectivity index (χ2v) is 6.27. The molecule has 0 aliphatic carbocycles. The van der Waals surface area contributed by atoms with Crippen molar-refractivity contribution >= 4 is 16.9 Å². The first-order valence-electron chi connectivity index (χ1n) is 8.31. The van der Waals surface area contributed by atoms with Gasteiger partial charge < -0.3 is 9.42 Å². The molecule has 0 amide bonds. The number of hydrogen-bond donors (Lipinski definition) is 0. The van der Waals surface area contributed by atoms with E-state index in [1.807, 2.05) is 0 Å². The number of hydrogen-bond acceptors (Lipinski definition) is 6. The highest BCUT2D eigenvalue weighted by Crippen LogP contribution is 2.28. The molecule has 3 heterocycles. The van der Waals surface area contributed by atoms with Gasteiger partial charge in [0.1, 0.15) is 17.2 Å². The van der Waals surface area contributed by atoms with E-state index in [9.17, 15) is 17.6 Å². The zero-order chi connectivity index (χ0) is 19.0. The van der Waals surface area contributed by atoms with Crippen LogP contribution in [0.25, 0.3) is 11.0 Å². The highest BCUT2D eigenvalue weighted by atomic mass is 19.4. The summed E-state index contributed by atoms with van der Waals surface area (Å²) in [5, 5.41) is 4.75. The Kier molecular flexibility index (Phi) is 4.42. The third-order valence-corrected chi connectivity index (χ3v) is 4.47. The molecule has 1 aromatic carbocycles. The molecule has 6 nitrogen and oxygen atoms in total. The maximum Gasteiger partial charge on any atom is 0.433 e. The molecule has 10 heteroatoms. The highest BCUT2D eigenvalue weighted by molar-refractivity contribution is 5.79. The van der Waals surface area contributed by atoms with E-state index in [0.29, 0.717) is 44.0 Å². The molecule has 3 aromatic rings. The Bertz CT molecular complexity index is 950.